The highest BCUT2D eigenvalue weighted by Gasteiger charge is 2.31. The molecule has 1 amide bonds. The van der Waals surface area contributed by atoms with Crippen LogP contribution in [0, 0.1) is 11.8 Å². The van der Waals surface area contributed by atoms with Gasteiger partial charge in [-0.05, 0) is 30.9 Å². The number of hydrogen-bond acceptors (Lipinski definition) is 6. The number of halogens is 3. The number of carbonyl (C=O) groups is 1. The zero-order chi connectivity index (χ0) is 20.3. The first kappa shape index (κ1) is 20.5. The Hall–Kier alpha value is -2.23. The molecule has 2 aromatic rings. The van der Waals surface area contributed by atoms with Crippen molar-refractivity contribution in [1.82, 2.24) is 15.2 Å². The first-order valence-electron chi connectivity index (χ1n) is 9.14. The number of pyridine rings is 1. The highest BCUT2D eigenvalue weighted by molar-refractivity contribution is 7.15. The molecule has 1 aliphatic rings. The first-order chi connectivity index (χ1) is 13.2. The van der Waals surface area contributed by atoms with Crippen molar-refractivity contribution in [3.05, 3.63) is 28.9 Å². The maximum atomic E-state index is 12.6. The predicted octanol–water partition coefficient (Wildman–Crippen LogP) is 4.01. The Bertz CT molecular complexity index is 798. The van der Waals surface area contributed by atoms with Crippen LogP contribution in [0.15, 0.2) is 18.3 Å². The summed E-state index contributed by atoms with van der Waals surface area (Å²) < 4.78 is 37.9. The molecule has 2 aromatic heterocycles. The Morgan fingerprint density at radius 3 is 2.57 bits per heavy atom. The molecule has 1 N–H and O–H groups in total. The SMILES string of the molecule is CC(C)Cc1nnc(NC(=O)C2CCN(c3ccc(C(F)(F)F)cn3)CC2)s1. The lowest BCUT2D eigenvalue weighted by atomic mass is 9.96. The van der Waals surface area contributed by atoms with Crippen LogP contribution in [-0.2, 0) is 17.4 Å². The predicted molar refractivity (Wildman–Crippen MR) is 101 cm³/mol. The van der Waals surface area contributed by atoms with Crippen molar-refractivity contribution in [1.29, 1.82) is 0 Å². The minimum Gasteiger partial charge on any atom is -0.357 e. The molecule has 0 spiro atoms. The first-order valence-corrected chi connectivity index (χ1v) is 9.95. The van der Waals surface area contributed by atoms with Crippen LogP contribution in [0.25, 0.3) is 0 Å². The number of hydrogen-bond donors (Lipinski definition) is 1. The third-order valence-electron chi connectivity index (χ3n) is 4.54. The van der Waals surface area contributed by atoms with Gasteiger partial charge in [-0.25, -0.2) is 4.98 Å². The maximum absolute atomic E-state index is 12.6. The Kier molecular flexibility index (Phi) is 6.17. The summed E-state index contributed by atoms with van der Waals surface area (Å²) in [4.78, 5) is 18.3. The standard InChI is InChI=1S/C18H22F3N5OS/c1-11(2)9-15-24-25-17(28-15)23-16(27)12-5-7-26(8-6-12)14-4-3-13(10-22-14)18(19,20)21/h3-4,10-12H,5-9H2,1-2H3,(H,23,25,27). The largest absolute Gasteiger partial charge is 0.417 e. The van der Waals surface area contributed by atoms with E-state index >= 15 is 0 Å². The van der Waals surface area contributed by atoms with Crippen LogP contribution in [0.5, 0.6) is 0 Å². The lowest BCUT2D eigenvalue weighted by Crippen LogP contribution is -2.38. The van der Waals surface area contributed by atoms with E-state index in [1.54, 1.807) is 0 Å². The van der Waals surface area contributed by atoms with Gasteiger partial charge in [-0.2, -0.15) is 13.2 Å². The van der Waals surface area contributed by atoms with Gasteiger partial charge in [0, 0.05) is 31.6 Å². The molecule has 1 fully saturated rings. The van der Waals surface area contributed by atoms with Crippen LogP contribution in [0.1, 0.15) is 37.3 Å². The molecule has 0 saturated carbocycles. The number of anilines is 2. The van der Waals surface area contributed by atoms with Crippen molar-refractivity contribution in [2.75, 3.05) is 23.3 Å². The number of nitrogens with zero attached hydrogens (tertiary/aromatic N) is 4. The van der Waals surface area contributed by atoms with Gasteiger partial charge in [0.2, 0.25) is 11.0 Å². The molecule has 1 saturated heterocycles. The molecule has 1 aliphatic heterocycles. The highest BCUT2D eigenvalue weighted by Crippen LogP contribution is 2.30. The number of aromatic nitrogens is 3. The molecule has 152 valence electrons. The van der Waals surface area contributed by atoms with Crippen LogP contribution in [0.3, 0.4) is 0 Å². The van der Waals surface area contributed by atoms with Crippen LogP contribution in [0.2, 0.25) is 0 Å². The van der Waals surface area contributed by atoms with E-state index in [-0.39, 0.29) is 11.8 Å². The van der Waals surface area contributed by atoms with E-state index in [4.69, 9.17) is 0 Å². The third-order valence-corrected chi connectivity index (χ3v) is 5.41. The number of piperidine rings is 1. The molecule has 0 aromatic carbocycles. The van der Waals surface area contributed by atoms with Crippen LogP contribution in [0.4, 0.5) is 24.1 Å². The summed E-state index contributed by atoms with van der Waals surface area (Å²) in [6, 6.07) is 2.41. The highest BCUT2D eigenvalue weighted by atomic mass is 32.1. The van der Waals surface area contributed by atoms with Gasteiger partial charge in [-0.3, -0.25) is 4.79 Å². The summed E-state index contributed by atoms with van der Waals surface area (Å²) in [6.45, 7) is 5.31. The monoisotopic (exact) mass is 413 g/mol. The van der Waals surface area contributed by atoms with Gasteiger partial charge >= 0.3 is 6.18 Å². The van der Waals surface area contributed by atoms with Gasteiger partial charge in [-0.1, -0.05) is 25.2 Å². The summed E-state index contributed by atoms with van der Waals surface area (Å²) >= 11 is 1.39. The molecule has 0 bridgehead atoms. The lowest BCUT2D eigenvalue weighted by molar-refractivity contribution is -0.137. The lowest BCUT2D eigenvalue weighted by Gasteiger charge is -2.32. The van der Waals surface area contributed by atoms with Crippen LogP contribution >= 0.6 is 11.3 Å². The quantitative estimate of drug-likeness (QED) is 0.802. The van der Waals surface area contributed by atoms with Gasteiger partial charge in [-0.15, -0.1) is 10.2 Å². The zero-order valence-corrected chi connectivity index (χ0v) is 16.5. The summed E-state index contributed by atoms with van der Waals surface area (Å²) in [5.74, 6) is 0.712. The second-order valence-electron chi connectivity index (χ2n) is 7.25. The van der Waals surface area contributed by atoms with Crippen molar-refractivity contribution in [2.45, 2.75) is 39.3 Å². The second-order valence-corrected chi connectivity index (χ2v) is 8.31. The Balaban J connectivity index is 1.52. The smallest absolute Gasteiger partial charge is 0.357 e. The zero-order valence-electron chi connectivity index (χ0n) is 15.7. The molecule has 0 unspecified atom stereocenters. The molecule has 0 atom stereocenters. The van der Waals surface area contributed by atoms with Gasteiger partial charge in [0.15, 0.2) is 0 Å². The average molecular weight is 413 g/mol. The summed E-state index contributed by atoms with van der Waals surface area (Å²) in [6.07, 6.45) is -1.51. The van der Waals surface area contributed by atoms with Crippen molar-refractivity contribution >= 4 is 28.2 Å². The fourth-order valence-corrected chi connectivity index (χ4v) is 4.01. The summed E-state index contributed by atoms with van der Waals surface area (Å²) in [5, 5.41) is 12.3. The van der Waals surface area contributed by atoms with E-state index in [2.05, 4.69) is 34.3 Å². The third kappa shape index (κ3) is 5.18. The van der Waals surface area contributed by atoms with Crippen molar-refractivity contribution in [3.8, 4) is 0 Å². The maximum Gasteiger partial charge on any atom is 0.417 e. The van der Waals surface area contributed by atoms with Crippen molar-refractivity contribution in [2.24, 2.45) is 11.8 Å². The molecule has 3 heterocycles. The van der Waals surface area contributed by atoms with Crippen molar-refractivity contribution < 1.29 is 18.0 Å². The fourth-order valence-electron chi connectivity index (χ4n) is 3.05. The number of rotatable bonds is 5. The van der Waals surface area contributed by atoms with E-state index < -0.39 is 11.7 Å². The second kappa shape index (κ2) is 8.42. The number of carbonyl (C=O) groups excluding carboxylic acids is 1. The number of alkyl halides is 3. The minimum atomic E-state index is -4.39. The normalized spacial score (nSPS) is 15.9. The molecule has 0 aliphatic carbocycles. The van der Waals surface area contributed by atoms with E-state index in [1.165, 1.54) is 17.4 Å². The van der Waals surface area contributed by atoms with Gasteiger partial charge in [0.1, 0.15) is 10.8 Å². The van der Waals surface area contributed by atoms with E-state index in [0.717, 1.165) is 23.7 Å². The van der Waals surface area contributed by atoms with Gasteiger partial charge < -0.3 is 10.2 Å². The topological polar surface area (TPSA) is 71.0 Å². The average Bonchev–Trinajstić information content (AvgIpc) is 3.07. The molecule has 3 rings (SSSR count). The molecule has 0 radical (unpaired) electrons. The Morgan fingerprint density at radius 2 is 2.00 bits per heavy atom. The minimum absolute atomic E-state index is 0.0905. The van der Waals surface area contributed by atoms with Crippen LogP contribution in [-0.4, -0.2) is 34.2 Å². The van der Waals surface area contributed by atoms with Crippen LogP contribution < -0.4 is 10.2 Å². The van der Waals surface area contributed by atoms with E-state index in [9.17, 15) is 18.0 Å². The summed E-state index contributed by atoms with van der Waals surface area (Å²) in [7, 11) is 0. The van der Waals surface area contributed by atoms with Gasteiger partial charge in [0.25, 0.3) is 0 Å². The van der Waals surface area contributed by atoms with Crippen molar-refractivity contribution in [3.63, 3.8) is 0 Å². The summed E-state index contributed by atoms with van der Waals surface area (Å²) in [5.41, 5.74) is -0.764. The molecular formula is C18H22F3N5OS. The molecule has 6 nitrogen and oxygen atoms in total. The van der Waals surface area contributed by atoms with Gasteiger partial charge in [0.05, 0.1) is 5.56 Å². The Morgan fingerprint density at radius 1 is 1.29 bits per heavy atom. The van der Waals surface area contributed by atoms with E-state index in [1.807, 2.05) is 4.90 Å². The number of amides is 1. The molecule has 10 heteroatoms. The Labute approximate surface area is 165 Å². The van der Waals surface area contributed by atoms with E-state index in [0.29, 0.717) is 42.8 Å². The fraction of sp³-hybridized carbons (Fsp3) is 0.556. The molecule has 28 heavy (non-hydrogen) atoms. The molecular weight excluding hydrogens is 391 g/mol. The number of nitrogens with one attached hydrogen (secondary N) is 1.